The first kappa shape index (κ1) is 13.9. The van der Waals surface area contributed by atoms with Crippen LogP contribution in [0, 0.1) is 6.92 Å². The van der Waals surface area contributed by atoms with Gasteiger partial charge in [-0.3, -0.25) is 0 Å². The quantitative estimate of drug-likeness (QED) is 0.870. The van der Waals surface area contributed by atoms with Crippen LogP contribution in [0.2, 0.25) is 5.02 Å². The zero-order valence-corrected chi connectivity index (χ0v) is 11.2. The first-order valence-electron chi connectivity index (χ1n) is 5.75. The second kappa shape index (κ2) is 4.89. The molecule has 1 aromatic carbocycles. The number of nitrogens with zero attached hydrogens (tertiary/aromatic N) is 1. The third-order valence-corrected chi connectivity index (χ3v) is 3.15. The highest BCUT2D eigenvalue weighted by Gasteiger charge is 2.33. The maximum Gasteiger partial charge on any atom is 0.433 e. The molecule has 1 N–H and O–H groups in total. The topological polar surface area (TPSA) is 24.9 Å². The number of anilines is 1. The van der Waals surface area contributed by atoms with Crippen LogP contribution in [-0.4, -0.2) is 11.5 Å². The van der Waals surface area contributed by atoms with Crippen molar-refractivity contribution >= 4 is 28.2 Å². The van der Waals surface area contributed by atoms with Crippen molar-refractivity contribution in [2.45, 2.75) is 20.0 Å². The molecule has 0 aliphatic heterocycles. The molecule has 0 saturated heterocycles. The van der Waals surface area contributed by atoms with E-state index in [1.54, 1.807) is 13.0 Å². The summed E-state index contributed by atoms with van der Waals surface area (Å²) in [4.78, 5) is 3.64. The molecule has 102 valence electrons. The molecule has 1 heterocycles. The zero-order chi connectivity index (χ0) is 14.2. The number of hydrogen-bond acceptors (Lipinski definition) is 2. The molecule has 0 fully saturated rings. The number of alkyl halides is 3. The number of hydrogen-bond donors (Lipinski definition) is 1. The van der Waals surface area contributed by atoms with Crippen LogP contribution in [0.5, 0.6) is 0 Å². The van der Waals surface area contributed by atoms with E-state index in [4.69, 9.17) is 11.6 Å². The van der Waals surface area contributed by atoms with Crippen LogP contribution in [-0.2, 0) is 6.18 Å². The van der Waals surface area contributed by atoms with Crippen molar-refractivity contribution in [2.24, 2.45) is 0 Å². The van der Waals surface area contributed by atoms with Gasteiger partial charge in [0.15, 0.2) is 0 Å². The van der Waals surface area contributed by atoms with Gasteiger partial charge in [-0.1, -0.05) is 11.6 Å². The summed E-state index contributed by atoms with van der Waals surface area (Å²) in [5.41, 5.74) is 0.534. The van der Waals surface area contributed by atoms with E-state index in [-0.39, 0.29) is 5.52 Å². The Morgan fingerprint density at radius 3 is 2.53 bits per heavy atom. The Kier molecular flexibility index (Phi) is 3.58. The second-order valence-corrected chi connectivity index (χ2v) is 4.61. The zero-order valence-electron chi connectivity index (χ0n) is 10.4. The number of benzene rings is 1. The number of halogens is 4. The predicted molar refractivity (Wildman–Crippen MR) is 70.7 cm³/mol. The highest BCUT2D eigenvalue weighted by Crippen LogP contribution is 2.34. The molecule has 1 aromatic heterocycles. The average Bonchev–Trinajstić information content (AvgIpc) is 2.30. The van der Waals surface area contributed by atoms with Crippen molar-refractivity contribution in [3.8, 4) is 0 Å². The third-order valence-electron chi connectivity index (χ3n) is 2.75. The van der Waals surface area contributed by atoms with Gasteiger partial charge in [-0.15, -0.1) is 0 Å². The Bertz CT molecular complexity index is 623. The lowest BCUT2D eigenvalue weighted by atomic mass is 10.1. The van der Waals surface area contributed by atoms with E-state index in [0.29, 0.717) is 22.6 Å². The molecule has 6 heteroatoms. The van der Waals surface area contributed by atoms with Gasteiger partial charge in [-0.25, -0.2) is 4.98 Å². The van der Waals surface area contributed by atoms with E-state index in [0.717, 1.165) is 11.6 Å². The van der Waals surface area contributed by atoms with Crippen molar-refractivity contribution in [2.75, 3.05) is 11.9 Å². The fourth-order valence-electron chi connectivity index (χ4n) is 1.84. The number of rotatable bonds is 2. The molecule has 0 atom stereocenters. The maximum absolute atomic E-state index is 12.8. The van der Waals surface area contributed by atoms with Crippen molar-refractivity contribution < 1.29 is 13.2 Å². The van der Waals surface area contributed by atoms with E-state index in [1.165, 1.54) is 6.07 Å². The Labute approximate surface area is 113 Å². The van der Waals surface area contributed by atoms with Crippen molar-refractivity contribution in [1.29, 1.82) is 0 Å². The van der Waals surface area contributed by atoms with Gasteiger partial charge in [-0.05, 0) is 37.6 Å². The minimum Gasteiger partial charge on any atom is -0.385 e. The summed E-state index contributed by atoms with van der Waals surface area (Å²) in [5.74, 6) is 0. The lowest BCUT2D eigenvalue weighted by Crippen LogP contribution is -2.10. The van der Waals surface area contributed by atoms with E-state index in [9.17, 15) is 13.2 Å². The van der Waals surface area contributed by atoms with Crippen LogP contribution in [0.25, 0.3) is 10.9 Å². The van der Waals surface area contributed by atoms with Crippen LogP contribution < -0.4 is 5.32 Å². The Morgan fingerprint density at radius 1 is 1.26 bits per heavy atom. The van der Waals surface area contributed by atoms with Gasteiger partial charge in [0, 0.05) is 22.6 Å². The molecular formula is C13H12ClF3N2. The maximum atomic E-state index is 12.8. The van der Waals surface area contributed by atoms with E-state index >= 15 is 0 Å². The molecular weight excluding hydrogens is 277 g/mol. The molecule has 0 bridgehead atoms. The molecule has 0 aliphatic rings. The van der Waals surface area contributed by atoms with E-state index in [1.807, 2.05) is 6.92 Å². The minimum atomic E-state index is -4.48. The predicted octanol–water partition coefficient (Wildman–Crippen LogP) is 4.65. The molecule has 2 aromatic rings. The standard InChI is InChI=1S/C13H12ClF3N2/c1-3-18-10-6-12(13(15,16)17)19-11-5-9(14)7(2)4-8(10)11/h4-6H,3H2,1-2H3,(H,18,19). The second-order valence-electron chi connectivity index (χ2n) is 4.20. The number of pyridine rings is 1. The lowest BCUT2D eigenvalue weighted by molar-refractivity contribution is -0.140. The summed E-state index contributed by atoms with van der Waals surface area (Å²) >= 11 is 5.94. The molecule has 2 rings (SSSR count). The molecule has 0 radical (unpaired) electrons. The van der Waals surface area contributed by atoms with Crippen LogP contribution in [0.4, 0.5) is 18.9 Å². The summed E-state index contributed by atoms with van der Waals surface area (Å²) in [7, 11) is 0. The molecule has 0 saturated carbocycles. The molecule has 0 unspecified atom stereocenters. The Morgan fingerprint density at radius 2 is 1.95 bits per heavy atom. The fraction of sp³-hybridized carbons (Fsp3) is 0.308. The fourth-order valence-corrected chi connectivity index (χ4v) is 2.00. The monoisotopic (exact) mass is 288 g/mol. The number of nitrogens with one attached hydrogen (secondary N) is 1. The van der Waals surface area contributed by atoms with E-state index < -0.39 is 11.9 Å². The van der Waals surface area contributed by atoms with Gasteiger partial charge in [-0.2, -0.15) is 13.2 Å². The summed E-state index contributed by atoms with van der Waals surface area (Å²) < 4.78 is 38.4. The first-order valence-corrected chi connectivity index (χ1v) is 6.12. The molecule has 0 spiro atoms. The largest absolute Gasteiger partial charge is 0.433 e. The van der Waals surface area contributed by atoms with Gasteiger partial charge in [0.05, 0.1) is 5.52 Å². The molecule has 19 heavy (non-hydrogen) atoms. The third kappa shape index (κ3) is 2.76. The van der Waals surface area contributed by atoms with Gasteiger partial charge < -0.3 is 5.32 Å². The highest BCUT2D eigenvalue weighted by atomic mass is 35.5. The van der Waals surface area contributed by atoms with Gasteiger partial charge >= 0.3 is 6.18 Å². The lowest BCUT2D eigenvalue weighted by Gasteiger charge is -2.13. The first-order chi connectivity index (χ1) is 8.82. The Hall–Kier alpha value is -1.49. The summed E-state index contributed by atoms with van der Waals surface area (Å²) in [6, 6.07) is 4.23. The summed E-state index contributed by atoms with van der Waals surface area (Å²) in [6.45, 7) is 4.15. The van der Waals surface area contributed by atoms with Gasteiger partial charge in [0.25, 0.3) is 0 Å². The van der Waals surface area contributed by atoms with Crippen LogP contribution in [0.15, 0.2) is 18.2 Å². The molecule has 0 amide bonds. The van der Waals surface area contributed by atoms with Crippen LogP contribution in [0.1, 0.15) is 18.2 Å². The Balaban J connectivity index is 2.75. The normalized spacial score (nSPS) is 11.9. The number of fused-ring (bicyclic) bond motifs is 1. The smallest absolute Gasteiger partial charge is 0.385 e. The average molecular weight is 289 g/mol. The van der Waals surface area contributed by atoms with Crippen LogP contribution >= 0.6 is 11.6 Å². The van der Waals surface area contributed by atoms with E-state index in [2.05, 4.69) is 10.3 Å². The van der Waals surface area contributed by atoms with Gasteiger partial charge in [0.2, 0.25) is 0 Å². The summed E-state index contributed by atoms with van der Waals surface area (Å²) in [5, 5.41) is 3.97. The van der Waals surface area contributed by atoms with Crippen molar-refractivity contribution in [3.05, 3.63) is 34.5 Å². The molecule has 0 aliphatic carbocycles. The number of aromatic nitrogens is 1. The van der Waals surface area contributed by atoms with Crippen molar-refractivity contribution in [1.82, 2.24) is 4.98 Å². The molecule has 2 nitrogen and oxygen atoms in total. The number of aryl methyl sites for hydroxylation is 1. The highest BCUT2D eigenvalue weighted by molar-refractivity contribution is 6.32. The SMILES string of the molecule is CCNc1cc(C(F)(F)F)nc2cc(Cl)c(C)cc12. The minimum absolute atomic E-state index is 0.237. The van der Waals surface area contributed by atoms with Gasteiger partial charge in [0.1, 0.15) is 5.69 Å². The summed E-state index contributed by atoms with van der Waals surface area (Å²) in [6.07, 6.45) is -4.48. The van der Waals surface area contributed by atoms with Crippen LogP contribution in [0.3, 0.4) is 0 Å². The van der Waals surface area contributed by atoms with Crippen molar-refractivity contribution in [3.63, 3.8) is 0 Å².